The van der Waals surface area contributed by atoms with Crippen LogP contribution in [-0.2, 0) is 0 Å². The molecule has 2 rings (SSSR count). The van der Waals surface area contributed by atoms with E-state index >= 15 is 0 Å². The molecule has 3 heteroatoms. The Labute approximate surface area is 77.2 Å². The number of hydrogen-bond donors (Lipinski definition) is 1. The predicted octanol–water partition coefficient (Wildman–Crippen LogP) is 1.36. The van der Waals surface area contributed by atoms with E-state index in [-0.39, 0.29) is 6.04 Å². The third kappa shape index (κ3) is 1.68. The molecule has 1 aliphatic carbocycles. The Balaban J connectivity index is 2.24. The smallest absolute Gasteiger partial charge is 0.140 e. The van der Waals surface area contributed by atoms with Crippen LogP contribution in [0.15, 0.2) is 18.2 Å². The lowest BCUT2D eigenvalue weighted by molar-refractivity contribution is 0.614. The molecule has 3 nitrogen and oxygen atoms in total. The number of aromatic nitrogens is 1. The summed E-state index contributed by atoms with van der Waals surface area (Å²) >= 11 is 0. The van der Waals surface area contributed by atoms with Gasteiger partial charge in [-0.25, -0.2) is 4.98 Å². The zero-order valence-electron chi connectivity index (χ0n) is 7.27. The fourth-order valence-electron chi connectivity index (χ4n) is 1.40. The number of nitrogens with two attached hydrogens (primary N) is 1. The molecule has 13 heavy (non-hydrogen) atoms. The van der Waals surface area contributed by atoms with E-state index in [2.05, 4.69) is 4.98 Å². The number of nitrogens with zero attached hydrogens (tertiary/aromatic N) is 2. The Hall–Kier alpha value is -1.40. The van der Waals surface area contributed by atoms with Gasteiger partial charge in [0.15, 0.2) is 0 Å². The van der Waals surface area contributed by atoms with Gasteiger partial charge in [-0.3, -0.25) is 0 Å². The Morgan fingerprint density at radius 1 is 1.54 bits per heavy atom. The molecule has 0 radical (unpaired) electrons. The van der Waals surface area contributed by atoms with Crippen LogP contribution < -0.4 is 5.73 Å². The standard InChI is InChI=1S/C10H11N3/c11-6-8-2-1-3-9(13-8)10(12)7-4-5-7/h1-3,7,10H,4-5,12H2. The van der Waals surface area contributed by atoms with Crippen LogP contribution in [0.5, 0.6) is 0 Å². The fourth-order valence-corrected chi connectivity index (χ4v) is 1.40. The summed E-state index contributed by atoms with van der Waals surface area (Å²) in [5.74, 6) is 0.585. The highest BCUT2D eigenvalue weighted by Crippen LogP contribution is 2.38. The molecule has 1 heterocycles. The third-order valence-electron chi connectivity index (χ3n) is 2.36. The van der Waals surface area contributed by atoms with Crippen LogP contribution in [0.3, 0.4) is 0 Å². The van der Waals surface area contributed by atoms with Gasteiger partial charge in [0.1, 0.15) is 11.8 Å². The first-order valence-corrected chi connectivity index (χ1v) is 4.44. The molecule has 2 N–H and O–H groups in total. The second-order valence-corrected chi connectivity index (χ2v) is 3.42. The number of pyridine rings is 1. The van der Waals surface area contributed by atoms with Crippen molar-refractivity contribution in [1.29, 1.82) is 5.26 Å². The topological polar surface area (TPSA) is 62.7 Å². The van der Waals surface area contributed by atoms with Crippen molar-refractivity contribution in [3.05, 3.63) is 29.6 Å². The summed E-state index contributed by atoms with van der Waals surface area (Å²) in [4.78, 5) is 4.17. The van der Waals surface area contributed by atoms with Gasteiger partial charge in [-0.2, -0.15) is 5.26 Å². The molecule has 0 amide bonds. The highest BCUT2D eigenvalue weighted by Gasteiger charge is 2.30. The lowest BCUT2D eigenvalue weighted by atomic mass is 10.1. The van der Waals surface area contributed by atoms with Crippen molar-refractivity contribution in [3.63, 3.8) is 0 Å². The predicted molar refractivity (Wildman–Crippen MR) is 48.6 cm³/mol. The van der Waals surface area contributed by atoms with Gasteiger partial charge in [-0.05, 0) is 30.9 Å². The normalized spacial score (nSPS) is 17.8. The molecular formula is C10H11N3. The molecule has 1 fully saturated rings. The van der Waals surface area contributed by atoms with Crippen LogP contribution in [0.4, 0.5) is 0 Å². The van der Waals surface area contributed by atoms with Gasteiger partial charge in [0.05, 0.1) is 5.69 Å². The second kappa shape index (κ2) is 3.15. The van der Waals surface area contributed by atoms with Gasteiger partial charge in [-0.15, -0.1) is 0 Å². The number of hydrogen-bond acceptors (Lipinski definition) is 3. The van der Waals surface area contributed by atoms with Gasteiger partial charge >= 0.3 is 0 Å². The zero-order valence-corrected chi connectivity index (χ0v) is 7.27. The van der Waals surface area contributed by atoms with Crippen molar-refractivity contribution in [2.45, 2.75) is 18.9 Å². The molecule has 1 saturated carbocycles. The minimum Gasteiger partial charge on any atom is -0.322 e. The number of rotatable bonds is 2. The highest BCUT2D eigenvalue weighted by molar-refractivity contribution is 5.24. The molecule has 1 aliphatic rings. The van der Waals surface area contributed by atoms with Gasteiger partial charge in [0, 0.05) is 6.04 Å². The van der Waals surface area contributed by atoms with E-state index in [4.69, 9.17) is 11.0 Å². The van der Waals surface area contributed by atoms with Crippen LogP contribution in [-0.4, -0.2) is 4.98 Å². The summed E-state index contributed by atoms with van der Waals surface area (Å²) in [5, 5.41) is 8.64. The second-order valence-electron chi connectivity index (χ2n) is 3.42. The van der Waals surface area contributed by atoms with Crippen molar-refractivity contribution in [2.75, 3.05) is 0 Å². The van der Waals surface area contributed by atoms with Crippen molar-refractivity contribution < 1.29 is 0 Å². The molecule has 1 aromatic heterocycles. The maximum absolute atomic E-state index is 8.64. The van der Waals surface area contributed by atoms with Crippen molar-refractivity contribution >= 4 is 0 Å². The van der Waals surface area contributed by atoms with E-state index in [1.165, 1.54) is 12.8 Å². The molecule has 0 bridgehead atoms. The molecule has 66 valence electrons. The average Bonchev–Trinajstić information content (AvgIpc) is 3.00. The highest BCUT2D eigenvalue weighted by atomic mass is 14.8. The minimum atomic E-state index is 0.0216. The van der Waals surface area contributed by atoms with Crippen LogP contribution >= 0.6 is 0 Å². The zero-order chi connectivity index (χ0) is 9.26. The van der Waals surface area contributed by atoms with Crippen LogP contribution in [0.25, 0.3) is 0 Å². The minimum absolute atomic E-state index is 0.0216. The van der Waals surface area contributed by atoms with E-state index in [0.717, 1.165) is 5.69 Å². The summed E-state index contributed by atoms with van der Waals surface area (Å²) in [6.07, 6.45) is 2.39. The summed E-state index contributed by atoms with van der Waals surface area (Å²) in [5.41, 5.74) is 7.25. The molecule has 1 unspecified atom stereocenters. The molecule has 0 saturated heterocycles. The van der Waals surface area contributed by atoms with E-state index in [0.29, 0.717) is 11.6 Å². The Morgan fingerprint density at radius 3 is 2.92 bits per heavy atom. The largest absolute Gasteiger partial charge is 0.322 e. The lowest BCUT2D eigenvalue weighted by Crippen LogP contribution is -2.14. The molecule has 0 aliphatic heterocycles. The fraction of sp³-hybridized carbons (Fsp3) is 0.400. The third-order valence-corrected chi connectivity index (χ3v) is 2.36. The van der Waals surface area contributed by atoms with Crippen molar-refractivity contribution in [2.24, 2.45) is 11.7 Å². The lowest BCUT2D eigenvalue weighted by Gasteiger charge is -2.08. The first kappa shape index (κ1) is 8.21. The molecule has 1 atom stereocenters. The average molecular weight is 173 g/mol. The Bertz CT molecular complexity index is 349. The molecule has 1 aromatic rings. The Kier molecular flexibility index (Phi) is 1.99. The first-order chi connectivity index (χ1) is 6.31. The molecule has 0 aromatic carbocycles. The molecule has 0 spiro atoms. The van der Waals surface area contributed by atoms with E-state index < -0.39 is 0 Å². The quantitative estimate of drug-likeness (QED) is 0.734. The maximum atomic E-state index is 8.64. The number of nitriles is 1. The summed E-state index contributed by atoms with van der Waals surface area (Å²) in [6.45, 7) is 0. The van der Waals surface area contributed by atoms with Gasteiger partial charge < -0.3 is 5.73 Å². The van der Waals surface area contributed by atoms with Crippen molar-refractivity contribution in [3.8, 4) is 6.07 Å². The SMILES string of the molecule is N#Cc1cccc(C(N)C2CC2)n1. The molecular weight excluding hydrogens is 162 g/mol. The van der Waals surface area contributed by atoms with E-state index in [1.54, 1.807) is 6.07 Å². The van der Waals surface area contributed by atoms with Crippen LogP contribution in [0.2, 0.25) is 0 Å². The van der Waals surface area contributed by atoms with Gasteiger partial charge in [0.2, 0.25) is 0 Å². The van der Waals surface area contributed by atoms with E-state index in [1.807, 2.05) is 18.2 Å². The monoisotopic (exact) mass is 173 g/mol. The maximum Gasteiger partial charge on any atom is 0.140 e. The Morgan fingerprint density at radius 2 is 2.31 bits per heavy atom. The summed E-state index contributed by atoms with van der Waals surface area (Å²) in [6, 6.07) is 7.46. The van der Waals surface area contributed by atoms with Crippen LogP contribution in [0.1, 0.15) is 30.3 Å². The van der Waals surface area contributed by atoms with Gasteiger partial charge in [0.25, 0.3) is 0 Å². The first-order valence-electron chi connectivity index (χ1n) is 4.44. The van der Waals surface area contributed by atoms with E-state index in [9.17, 15) is 0 Å². The van der Waals surface area contributed by atoms with Gasteiger partial charge in [-0.1, -0.05) is 6.07 Å². The summed E-state index contributed by atoms with van der Waals surface area (Å²) in [7, 11) is 0. The van der Waals surface area contributed by atoms with Crippen LogP contribution in [0, 0.1) is 17.2 Å². The van der Waals surface area contributed by atoms with Crippen molar-refractivity contribution in [1.82, 2.24) is 4.98 Å². The summed E-state index contributed by atoms with van der Waals surface area (Å²) < 4.78 is 0.